The Labute approximate surface area is 84.7 Å². The number of Topliss-reactive ketones (excluding diaryl/α,β-unsaturated/α-hetero) is 1. The van der Waals surface area contributed by atoms with Gasteiger partial charge in [0, 0.05) is 17.2 Å². The Kier molecular flexibility index (Phi) is 2.99. The molecule has 1 heterocycles. The smallest absolute Gasteiger partial charge is 0.333 e. The molecule has 0 aromatic carbocycles. The minimum Gasteiger partial charge on any atom is -0.429 e. The molecule has 0 saturated carbocycles. The topological polar surface area (TPSA) is 108 Å². The number of carbonyl (C=O) groups is 2. The van der Waals surface area contributed by atoms with Crippen LogP contribution in [0.1, 0.15) is 0 Å². The van der Waals surface area contributed by atoms with E-state index in [0.29, 0.717) is 0 Å². The molecule has 2 atom stereocenters. The van der Waals surface area contributed by atoms with Crippen molar-refractivity contribution in [3.63, 3.8) is 0 Å². The molecular weight excluding hydrogens is 202 g/mol. The third kappa shape index (κ3) is 2.10. The summed E-state index contributed by atoms with van der Waals surface area (Å²) in [6.45, 7) is 3.19. The van der Waals surface area contributed by atoms with Gasteiger partial charge < -0.3 is 14.9 Å². The first-order chi connectivity index (χ1) is 6.97. The molecule has 0 fully saturated rings. The van der Waals surface area contributed by atoms with Crippen LogP contribution < -0.4 is 0 Å². The summed E-state index contributed by atoms with van der Waals surface area (Å²) >= 11 is 0. The molecule has 78 valence electrons. The molecular formula is C9H7NO5. The Morgan fingerprint density at radius 1 is 1.73 bits per heavy atom. The molecule has 1 aliphatic rings. The zero-order valence-electron chi connectivity index (χ0n) is 7.51. The van der Waals surface area contributed by atoms with Gasteiger partial charge in [-0.05, 0) is 0 Å². The molecule has 1 rings (SSSR count). The van der Waals surface area contributed by atoms with E-state index in [9.17, 15) is 14.7 Å². The predicted molar refractivity (Wildman–Crippen MR) is 45.9 cm³/mol. The summed E-state index contributed by atoms with van der Waals surface area (Å²) in [7, 11) is 0. The van der Waals surface area contributed by atoms with Gasteiger partial charge in [-0.3, -0.25) is 4.79 Å². The van der Waals surface area contributed by atoms with Crippen molar-refractivity contribution in [1.82, 2.24) is 0 Å². The van der Waals surface area contributed by atoms with E-state index in [-0.39, 0.29) is 5.57 Å². The summed E-state index contributed by atoms with van der Waals surface area (Å²) in [6, 6.07) is 1.26. The molecule has 0 radical (unpaired) electrons. The van der Waals surface area contributed by atoms with E-state index in [4.69, 9.17) is 10.4 Å². The zero-order chi connectivity index (χ0) is 11.6. The van der Waals surface area contributed by atoms with Crippen molar-refractivity contribution in [1.29, 1.82) is 5.26 Å². The lowest BCUT2D eigenvalue weighted by Gasteiger charge is -2.13. The van der Waals surface area contributed by atoms with E-state index in [1.165, 1.54) is 6.07 Å². The summed E-state index contributed by atoms with van der Waals surface area (Å²) in [5, 5.41) is 26.9. The standard InChI is InChI=1S/C9H7NO5/c1-4(6(11)3-10)8(13)5-2-7(12)15-9(5)14/h2,8-9,13-14H,1H2. The molecule has 0 saturated heterocycles. The molecule has 0 aliphatic carbocycles. The fourth-order valence-corrected chi connectivity index (χ4v) is 1.03. The van der Waals surface area contributed by atoms with Gasteiger partial charge in [0.25, 0.3) is 5.78 Å². The Balaban J connectivity index is 2.87. The summed E-state index contributed by atoms with van der Waals surface area (Å²) in [4.78, 5) is 21.5. The molecule has 0 aromatic heterocycles. The highest BCUT2D eigenvalue weighted by Crippen LogP contribution is 2.21. The van der Waals surface area contributed by atoms with Crippen molar-refractivity contribution in [2.24, 2.45) is 0 Å². The number of hydrogen-bond donors (Lipinski definition) is 2. The third-order valence-corrected chi connectivity index (χ3v) is 1.84. The first-order valence-electron chi connectivity index (χ1n) is 3.89. The van der Waals surface area contributed by atoms with Gasteiger partial charge in [-0.25, -0.2) is 4.79 Å². The number of nitrogens with zero attached hydrogens (tertiary/aromatic N) is 1. The van der Waals surface area contributed by atoms with Crippen LogP contribution in [0.5, 0.6) is 0 Å². The Morgan fingerprint density at radius 2 is 2.33 bits per heavy atom. The molecule has 15 heavy (non-hydrogen) atoms. The van der Waals surface area contributed by atoms with Crippen LogP contribution in [-0.2, 0) is 14.3 Å². The van der Waals surface area contributed by atoms with E-state index in [2.05, 4.69) is 11.3 Å². The largest absolute Gasteiger partial charge is 0.429 e. The van der Waals surface area contributed by atoms with Crippen molar-refractivity contribution in [3.8, 4) is 6.07 Å². The normalized spacial score (nSPS) is 21.3. The number of rotatable bonds is 3. The maximum absolute atomic E-state index is 10.8. The van der Waals surface area contributed by atoms with Gasteiger partial charge in [0.05, 0.1) is 0 Å². The number of ether oxygens (including phenoxy) is 1. The highest BCUT2D eigenvalue weighted by Gasteiger charge is 2.32. The highest BCUT2D eigenvalue weighted by atomic mass is 16.6. The van der Waals surface area contributed by atoms with Gasteiger partial charge in [-0.15, -0.1) is 0 Å². The molecule has 0 amide bonds. The molecule has 1 aliphatic heterocycles. The zero-order valence-corrected chi connectivity index (χ0v) is 7.51. The minimum absolute atomic E-state index is 0.200. The molecule has 0 spiro atoms. The Morgan fingerprint density at radius 3 is 2.73 bits per heavy atom. The first-order valence-corrected chi connectivity index (χ1v) is 3.89. The van der Waals surface area contributed by atoms with Gasteiger partial charge >= 0.3 is 5.97 Å². The Hall–Kier alpha value is -1.97. The van der Waals surface area contributed by atoms with E-state index >= 15 is 0 Å². The summed E-state index contributed by atoms with van der Waals surface area (Å²) in [5.41, 5.74) is -0.616. The van der Waals surface area contributed by atoms with Gasteiger partial charge in [-0.2, -0.15) is 5.26 Å². The maximum atomic E-state index is 10.8. The average molecular weight is 209 g/mol. The lowest BCUT2D eigenvalue weighted by Crippen LogP contribution is -2.24. The fraction of sp³-hybridized carbons (Fsp3) is 0.222. The monoisotopic (exact) mass is 209 g/mol. The summed E-state index contributed by atoms with van der Waals surface area (Å²) in [6.07, 6.45) is -2.33. The molecule has 0 aromatic rings. The third-order valence-electron chi connectivity index (χ3n) is 1.84. The van der Waals surface area contributed by atoms with Crippen LogP contribution in [0.15, 0.2) is 23.8 Å². The number of nitriles is 1. The molecule has 6 nitrogen and oxygen atoms in total. The van der Waals surface area contributed by atoms with Crippen LogP contribution in [0.25, 0.3) is 0 Å². The number of carbonyl (C=O) groups excluding carboxylic acids is 2. The van der Waals surface area contributed by atoms with Crippen molar-refractivity contribution < 1.29 is 24.5 Å². The van der Waals surface area contributed by atoms with Crippen molar-refractivity contribution in [3.05, 3.63) is 23.8 Å². The van der Waals surface area contributed by atoms with E-state index in [0.717, 1.165) is 6.08 Å². The van der Waals surface area contributed by atoms with Crippen LogP contribution in [0, 0.1) is 11.3 Å². The Bertz CT molecular complexity index is 403. The highest BCUT2D eigenvalue weighted by molar-refractivity contribution is 6.07. The minimum atomic E-state index is -1.60. The quantitative estimate of drug-likeness (QED) is 0.343. The van der Waals surface area contributed by atoms with Crippen LogP contribution in [0.3, 0.4) is 0 Å². The second kappa shape index (κ2) is 4.04. The van der Waals surface area contributed by atoms with Gasteiger partial charge in [0.1, 0.15) is 12.2 Å². The van der Waals surface area contributed by atoms with Crippen molar-refractivity contribution in [2.45, 2.75) is 12.4 Å². The second-order valence-electron chi connectivity index (χ2n) is 2.80. The number of cyclic esters (lactones) is 1. The lowest BCUT2D eigenvalue weighted by atomic mass is 10.0. The number of hydrogen-bond acceptors (Lipinski definition) is 6. The predicted octanol–water partition coefficient (Wildman–Crippen LogP) is -1.20. The second-order valence-corrected chi connectivity index (χ2v) is 2.80. The van der Waals surface area contributed by atoms with E-state index in [1.54, 1.807) is 0 Å². The number of ketones is 1. The first kappa shape index (κ1) is 11.1. The van der Waals surface area contributed by atoms with Crippen LogP contribution in [0.4, 0.5) is 0 Å². The SMILES string of the molecule is C=C(C(=O)C#N)C(O)C1=CC(=O)OC1O. The molecule has 2 unspecified atom stereocenters. The summed E-state index contributed by atoms with van der Waals surface area (Å²) < 4.78 is 4.29. The molecule has 2 N–H and O–H groups in total. The van der Waals surface area contributed by atoms with Crippen molar-refractivity contribution >= 4 is 11.8 Å². The lowest BCUT2D eigenvalue weighted by molar-refractivity contribution is -0.151. The van der Waals surface area contributed by atoms with E-state index in [1.807, 2.05) is 0 Å². The van der Waals surface area contributed by atoms with Crippen LogP contribution in [-0.4, -0.2) is 34.4 Å². The van der Waals surface area contributed by atoms with Gasteiger partial charge in [0.15, 0.2) is 0 Å². The number of esters is 1. The molecule has 6 heteroatoms. The van der Waals surface area contributed by atoms with E-state index < -0.39 is 29.7 Å². The summed E-state index contributed by atoms with van der Waals surface area (Å²) in [5.74, 6) is -1.84. The van der Waals surface area contributed by atoms with Crippen LogP contribution in [0.2, 0.25) is 0 Å². The van der Waals surface area contributed by atoms with Crippen molar-refractivity contribution in [2.75, 3.05) is 0 Å². The molecule has 0 bridgehead atoms. The maximum Gasteiger partial charge on any atom is 0.333 e. The number of aliphatic hydroxyl groups is 2. The van der Waals surface area contributed by atoms with Gasteiger partial charge in [-0.1, -0.05) is 6.58 Å². The van der Waals surface area contributed by atoms with Crippen LogP contribution >= 0.6 is 0 Å². The average Bonchev–Trinajstić information content (AvgIpc) is 2.54. The number of aliphatic hydroxyl groups excluding tert-OH is 2. The van der Waals surface area contributed by atoms with Gasteiger partial charge in [0.2, 0.25) is 6.29 Å². The fourth-order valence-electron chi connectivity index (χ4n) is 1.03.